The van der Waals surface area contributed by atoms with Gasteiger partial charge < -0.3 is 11.1 Å². The number of amides is 1. The molecule has 0 aromatic carbocycles. The summed E-state index contributed by atoms with van der Waals surface area (Å²) in [5.41, 5.74) is 4.37. The monoisotopic (exact) mass is 287 g/mol. The van der Waals surface area contributed by atoms with E-state index in [1.165, 1.54) is 11.8 Å². The molecule has 0 fully saturated rings. The van der Waals surface area contributed by atoms with Gasteiger partial charge in [-0.3, -0.25) is 9.36 Å². The van der Waals surface area contributed by atoms with Gasteiger partial charge in [-0.25, -0.2) is 9.89 Å². The number of carbonyl (C=O) groups excluding carboxylic acids is 1. The Labute approximate surface area is 116 Å². The Morgan fingerprint density at radius 1 is 1.58 bits per heavy atom. The van der Waals surface area contributed by atoms with E-state index in [2.05, 4.69) is 15.5 Å². The number of carbonyl (C=O) groups is 1. The third-order valence-corrected chi connectivity index (χ3v) is 4.06. The highest BCUT2D eigenvalue weighted by Gasteiger charge is 2.30. The summed E-state index contributed by atoms with van der Waals surface area (Å²) in [6, 6.07) is 0. The molecule has 0 aliphatic rings. The van der Waals surface area contributed by atoms with Crippen LogP contribution in [0.5, 0.6) is 0 Å². The van der Waals surface area contributed by atoms with E-state index in [1.54, 1.807) is 11.5 Å². The van der Waals surface area contributed by atoms with Gasteiger partial charge in [0.05, 0.1) is 0 Å². The molecule has 1 unspecified atom stereocenters. The highest BCUT2D eigenvalue weighted by Crippen LogP contribution is 2.20. The van der Waals surface area contributed by atoms with Crippen LogP contribution in [-0.2, 0) is 11.3 Å². The Hall–Kier alpha value is -1.28. The average Bonchev–Trinajstić information content (AvgIpc) is 2.69. The lowest BCUT2D eigenvalue weighted by atomic mass is 10.1. The third-order valence-electron chi connectivity index (χ3n) is 2.77. The Bertz CT molecular complexity index is 484. The van der Waals surface area contributed by atoms with Crippen LogP contribution in [0.1, 0.15) is 27.2 Å². The van der Waals surface area contributed by atoms with Gasteiger partial charge in [-0.15, -0.1) is 5.10 Å². The van der Waals surface area contributed by atoms with Crippen LogP contribution in [0, 0.1) is 0 Å². The smallest absolute Gasteiger partial charge is 0.343 e. The summed E-state index contributed by atoms with van der Waals surface area (Å²) in [4.78, 5) is 23.0. The summed E-state index contributed by atoms with van der Waals surface area (Å²) >= 11 is 1.34. The quantitative estimate of drug-likeness (QED) is 0.580. The molecule has 1 rings (SSSR count). The largest absolute Gasteiger partial charge is 0.368 e. The van der Waals surface area contributed by atoms with Crippen molar-refractivity contribution in [2.75, 3.05) is 12.3 Å². The summed E-state index contributed by atoms with van der Waals surface area (Å²) in [5, 5.41) is 10.0. The molecular weight excluding hydrogens is 266 g/mol. The van der Waals surface area contributed by atoms with Crippen LogP contribution in [0.4, 0.5) is 0 Å². The lowest BCUT2D eigenvalue weighted by molar-refractivity contribution is -0.122. The van der Waals surface area contributed by atoms with Crippen molar-refractivity contribution < 1.29 is 4.79 Å². The standard InChI is InChI=1S/C11H21N5O2S/c1-4-6-16-9(18)14-15-10(16)19-7-11(3,8(12)17)13-5-2/h13H,4-7H2,1-3H3,(H2,12,17)(H,14,18). The van der Waals surface area contributed by atoms with Gasteiger partial charge in [0.1, 0.15) is 5.54 Å². The number of thioether (sulfide) groups is 1. The molecule has 8 heteroatoms. The summed E-state index contributed by atoms with van der Waals surface area (Å²) in [5.74, 6) is 0.00579. The van der Waals surface area contributed by atoms with Crippen molar-refractivity contribution in [1.82, 2.24) is 20.1 Å². The average molecular weight is 287 g/mol. The number of nitrogens with two attached hydrogens (primary N) is 1. The number of nitrogens with zero attached hydrogens (tertiary/aromatic N) is 2. The number of hydrogen-bond donors (Lipinski definition) is 3. The Morgan fingerprint density at radius 2 is 2.26 bits per heavy atom. The van der Waals surface area contributed by atoms with Crippen molar-refractivity contribution in [2.45, 2.75) is 44.4 Å². The fraction of sp³-hybridized carbons (Fsp3) is 0.727. The molecule has 0 radical (unpaired) electrons. The van der Waals surface area contributed by atoms with E-state index in [0.29, 0.717) is 24.0 Å². The van der Waals surface area contributed by atoms with Gasteiger partial charge in [0, 0.05) is 12.3 Å². The van der Waals surface area contributed by atoms with Gasteiger partial charge >= 0.3 is 5.69 Å². The van der Waals surface area contributed by atoms with Gasteiger partial charge in [-0.2, -0.15) is 0 Å². The van der Waals surface area contributed by atoms with Gasteiger partial charge in [-0.05, 0) is 19.9 Å². The van der Waals surface area contributed by atoms with Crippen LogP contribution >= 0.6 is 11.8 Å². The first kappa shape index (κ1) is 15.8. The van der Waals surface area contributed by atoms with Crippen LogP contribution in [0.15, 0.2) is 9.95 Å². The van der Waals surface area contributed by atoms with Crippen molar-refractivity contribution in [2.24, 2.45) is 5.73 Å². The minimum absolute atomic E-state index is 0.228. The van der Waals surface area contributed by atoms with Crippen LogP contribution in [0.3, 0.4) is 0 Å². The molecule has 0 aliphatic carbocycles. The first-order valence-electron chi connectivity index (χ1n) is 6.27. The van der Waals surface area contributed by atoms with Crippen LogP contribution < -0.4 is 16.7 Å². The van der Waals surface area contributed by atoms with Gasteiger partial charge in [0.2, 0.25) is 5.91 Å². The lowest BCUT2D eigenvalue weighted by Crippen LogP contribution is -2.55. The summed E-state index contributed by atoms with van der Waals surface area (Å²) in [7, 11) is 0. The summed E-state index contributed by atoms with van der Waals surface area (Å²) < 4.78 is 1.57. The topological polar surface area (TPSA) is 106 Å². The number of primary amides is 1. The van der Waals surface area contributed by atoms with E-state index in [-0.39, 0.29) is 5.69 Å². The number of hydrogen-bond acceptors (Lipinski definition) is 5. The predicted molar refractivity (Wildman–Crippen MR) is 75.1 cm³/mol. The van der Waals surface area contributed by atoms with E-state index >= 15 is 0 Å². The molecular formula is C11H21N5O2S. The molecule has 19 heavy (non-hydrogen) atoms. The van der Waals surface area contributed by atoms with Crippen molar-refractivity contribution in [3.63, 3.8) is 0 Å². The van der Waals surface area contributed by atoms with Crippen molar-refractivity contribution >= 4 is 17.7 Å². The van der Waals surface area contributed by atoms with Crippen molar-refractivity contribution in [3.05, 3.63) is 10.5 Å². The minimum atomic E-state index is -0.814. The fourth-order valence-corrected chi connectivity index (χ4v) is 2.74. The van der Waals surface area contributed by atoms with E-state index in [1.807, 2.05) is 13.8 Å². The first-order valence-corrected chi connectivity index (χ1v) is 7.26. The maximum Gasteiger partial charge on any atom is 0.343 e. The van der Waals surface area contributed by atoms with Crippen LogP contribution in [-0.4, -0.2) is 38.5 Å². The Balaban J connectivity index is 2.80. The normalized spacial score (nSPS) is 14.3. The molecule has 4 N–H and O–H groups in total. The molecule has 108 valence electrons. The first-order chi connectivity index (χ1) is 8.94. The molecule has 1 amide bonds. The number of aromatic amines is 1. The van der Waals surface area contributed by atoms with Crippen molar-refractivity contribution in [1.29, 1.82) is 0 Å². The molecule has 0 saturated carbocycles. The number of likely N-dealkylation sites (N-methyl/N-ethyl adjacent to an activating group) is 1. The van der Waals surface area contributed by atoms with E-state index < -0.39 is 11.4 Å². The maximum absolute atomic E-state index is 11.5. The molecule has 0 spiro atoms. The summed E-state index contributed by atoms with van der Waals surface area (Å²) in [6.45, 7) is 6.89. The lowest BCUT2D eigenvalue weighted by Gasteiger charge is -2.26. The molecule has 1 heterocycles. The second kappa shape index (κ2) is 6.76. The molecule has 1 aromatic rings. The minimum Gasteiger partial charge on any atom is -0.368 e. The van der Waals surface area contributed by atoms with E-state index in [4.69, 9.17) is 5.73 Å². The van der Waals surface area contributed by atoms with Crippen LogP contribution in [0.25, 0.3) is 0 Å². The molecule has 0 saturated heterocycles. The zero-order valence-electron chi connectivity index (χ0n) is 11.5. The second-order valence-corrected chi connectivity index (χ2v) is 5.42. The van der Waals surface area contributed by atoms with E-state index in [9.17, 15) is 9.59 Å². The van der Waals surface area contributed by atoms with Crippen LogP contribution in [0.2, 0.25) is 0 Å². The molecule has 0 bridgehead atoms. The molecule has 0 aliphatic heterocycles. The van der Waals surface area contributed by atoms with Gasteiger partial charge in [0.15, 0.2) is 5.16 Å². The third kappa shape index (κ3) is 3.84. The zero-order valence-corrected chi connectivity index (χ0v) is 12.3. The second-order valence-electron chi connectivity index (χ2n) is 4.48. The van der Waals surface area contributed by atoms with Crippen molar-refractivity contribution in [3.8, 4) is 0 Å². The van der Waals surface area contributed by atoms with Gasteiger partial charge in [0.25, 0.3) is 0 Å². The number of aromatic nitrogens is 3. The highest BCUT2D eigenvalue weighted by molar-refractivity contribution is 7.99. The summed E-state index contributed by atoms with van der Waals surface area (Å²) in [6.07, 6.45) is 0.841. The van der Waals surface area contributed by atoms with E-state index in [0.717, 1.165) is 6.42 Å². The number of rotatable bonds is 8. The number of H-pyrrole nitrogens is 1. The molecule has 7 nitrogen and oxygen atoms in total. The Morgan fingerprint density at radius 3 is 2.79 bits per heavy atom. The van der Waals surface area contributed by atoms with Gasteiger partial charge in [-0.1, -0.05) is 25.6 Å². The maximum atomic E-state index is 11.5. The zero-order chi connectivity index (χ0) is 14.5. The SMILES string of the molecule is CCCn1c(SCC(C)(NCC)C(N)=O)n[nH]c1=O. The molecule has 1 aromatic heterocycles. The number of nitrogens with one attached hydrogen (secondary N) is 2. The highest BCUT2D eigenvalue weighted by atomic mass is 32.2. The Kier molecular flexibility index (Phi) is 5.61. The fourth-order valence-electron chi connectivity index (χ4n) is 1.64. The predicted octanol–water partition coefficient (Wildman–Crippen LogP) is -0.0730. The molecule has 1 atom stereocenters.